The topological polar surface area (TPSA) is 78.9 Å². The monoisotopic (exact) mass is 388 g/mol. The van der Waals surface area contributed by atoms with Crippen LogP contribution in [0.1, 0.15) is 53.4 Å². The van der Waals surface area contributed by atoms with Gasteiger partial charge >= 0.3 is 17.9 Å². The summed E-state index contributed by atoms with van der Waals surface area (Å²) in [7, 11) is 0. The van der Waals surface area contributed by atoms with Crippen molar-refractivity contribution in [2.45, 2.75) is 71.7 Å². The van der Waals surface area contributed by atoms with Crippen LogP contribution < -0.4 is 0 Å². The molecule has 1 fully saturated rings. The molecule has 0 spiro atoms. The molecule has 152 valence electrons. The van der Waals surface area contributed by atoms with Gasteiger partial charge in [0.15, 0.2) is 0 Å². The van der Waals surface area contributed by atoms with Gasteiger partial charge in [-0.3, -0.25) is 4.79 Å². The van der Waals surface area contributed by atoms with E-state index in [0.717, 1.165) is 12.0 Å². The van der Waals surface area contributed by atoms with E-state index in [1.807, 2.05) is 33.8 Å². The summed E-state index contributed by atoms with van der Waals surface area (Å²) in [6.07, 6.45) is 3.88. The molecule has 1 aliphatic carbocycles. The Morgan fingerprint density at radius 3 is 2.61 bits per heavy atom. The van der Waals surface area contributed by atoms with Crippen molar-refractivity contribution in [1.82, 2.24) is 0 Å². The van der Waals surface area contributed by atoms with Crippen LogP contribution in [-0.4, -0.2) is 36.2 Å². The molecule has 2 heterocycles. The summed E-state index contributed by atoms with van der Waals surface area (Å²) in [5.41, 5.74) is 1.50. The number of carbonyl (C=O) groups is 3. The predicted molar refractivity (Wildman–Crippen MR) is 102 cm³/mol. The highest BCUT2D eigenvalue weighted by Gasteiger charge is 2.46. The van der Waals surface area contributed by atoms with Gasteiger partial charge in [0.05, 0.1) is 12.3 Å². The molecule has 6 heteroatoms. The molecule has 0 N–H and O–H groups in total. The third-order valence-electron chi connectivity index (χ3n) is 5.83. The van der Waals surface area contributed by atoms with Crippen molar-refractivity contribution in [3.8, 4) is 0 Å². The van der Waals surface area contributed by atoms with Gasteiger partial charge in [-0.1, -0.05) is 39.3 Å². The molecule has 2 unspecified atom stereocenters. The van der Waals surface area contributed by atoms with Crippen molar-refractivity contribution < 1.29 is 28.6 Å². The molecule has 6 nitrogen and oxygen atoms in total. The Bertz CT molecular complexity index is 772. The molecule has 0 radical (unpaired) electrons. The molecule has 1 saturated heterocycles. The Hall–Kier alpha value is -2.37. The zero-order valence-electron chi connectivity index (χ0n) is 16.9. The average Bonchev–Trinajstić information content (AvgIpc) is 3.05. The van der Waals surface area contributed by atoms with Crippen molar-refractivity contribution in [1.29, 1.82) is 0 Å². The Balaban J connectivity index is 1.90. The molecule has 0 aromatic carbocycles. The van der Waals surface area contributed by atoms with E-state index in [2.05, 4.69) is 6.58 Å². The third-order valence-corrected chi connectivity index (χ3v) is 5.83. The maximum atomic E-state index is 12.6. The number of esters is 3. The molecule has 0 aromatic rings. The van der Waals surface area contributed by atoms with Crippen LogP contribution in [0.4, 0.5) is 0 Å². The highest BCUT2D eigenvalue weighted by Crippen LogP contribution is 2.38. The first-order valence-corrected chi connectivity index (χ1v) is 9.78. The molecular formula is C22H28O6. The zero-order chi connectivity index (χ0) is 20.6. The Kier molecular flexibility index (Phi) is 5.50. The molecular weight excluding hydrogens is 360 g/mol. The lowest BCUT2D eigenvalue weighted by atomic mass is 9.85. The smallest absolute Gasteiger partial charge is 0.334 e. The van der Waals surface area contributed by atoms with E-state index in [4.69, 9.17) is 14.2 Å². The molecule has 3 aliphatic rings. The van der Waals surface area contributed by atoms with E-state index >= 15 is 0 Å². The number of fused-ring (bicyclic) bond motifs is 2. The largest absolute Gasteiger partial charge is 0.458 e. The van der Waals surface area contributed by atoms with E-state index in [1.54, 1.807) is 6.08 Å². The summed E-state index contributed by atoms with van der Waals surface area (Å²) in [6.45, 7) is 11.8. The van der Waals surface area contributed by atoms with Gasteiger partial charge in [-0.05, 0) is 24.5 Å². The molecule has 2 bridgehead atoms. The molecule has 4 atom stereocenters. The fourth-order valence-electron chi connectivity index (χ4n) is 3.82. The normalized spacial score (nSPS) is 31.9. The highest BCUT2D eigenvalue weighted by atomic mass is 16.6. The minimum absolute atomic E-state index is 0.172. The molecule has 0 aromatic heterocycles. The first kappa shape index (κ1) is 20.4. The van der Waals surface area contributed by atoms with E-state index in [-0.39, 0.29) is 41.9 Å². The van der Waals surface area contributed by atoms with E-state index in [0.29, 0.717) is 12.0 Å². The van der Waals surface area contributed by atoms with Gasteiger partial charge in [-0.25, -0.2) is 9.59 Å². The van der Waals surface area contributed by atoms with Crippen molar-refractivity contribution in [3.05, 3.63) is 35.5 Å². The van der Waals surface area contributed by atoms with Crippen molar-refractivity contribution in [2.24, 2.45) is 11.3 Å². The number of hydrogen-bond acceptors (Lipinski definition) is 6. The summed E-state index contributed by atoms with van der Waals surface area (Å²) >= 11 is 0. The van der Waals surface area contributed by atoms with Crippen LogP contribution in [0, 0.1) is 11.3 Å². The first-order chi connectivity index (χ1) is 13.1. The van der Waals surface area contributed by atoms with Crippen LogP contribution in [0.2, 0.25) is 0 Å². The van der Waals surface area contributed by atoms with Gasteiger partial charge < -0.3 is 14.2 Å². The molecule has 0 saturated carbocycles. The van der Waals surface area contributed by atoms with Crippen LogP contribution in [-0.2, 0) is 28.6 Å². The van der Waals surface area contributed by atoms with Gasteiger partial charge in [0, 0.05) is 24.0 Å². The van der Waals surface area contributed by atoms with Crippen LogP contribution >= 0.6 is 0 Å². The molecule has 2 aliphatic heterocycles. The van der Waals surface area contributed by atoms with E-state index < -0.39 is 24.1 Å². The Labute approximate surface area is 165 Å². The fourth-order valence-corrected chi connectivity index (χ4v) is 3.82. The lowest BCUT2D eigenvalue weighted by Crippen LogP contribution is -2.34. The van der Waals surface area contributed by atoms with Crippen molar-refractivity contribution in [3.63, 3.8) is 0 Å². The summed E-state index contributed by atoms with van der Waals surface area (Å²) in [5, 5.41) is 0. The molecule has 28 heavy (non-hydrogen) atoms. The predicted octanol–water partition coefficient (Wildman–Crippen LogP) is 3.41. The second-order valence-electron chi connectivity index (χ2n) is 8.70. The van der Waals surface area contributed by atoms with Crippen LogP contribution in [0.5, 0.6) is 0 Å². The number of carbonyl (C=O) groups excluding carboxylic acids is 3. The third kappa shape index (κ3) is 4.21. The van der Waals surface area contributed by atoms with Crippen molar-refractivity contribution in [2.75, 3.05) is 0 Å². The minimum Gasteiger partial charge on any atom is -0.458 e. The Morgan fingerprint density at radius 2 is 1.93 bits per heavy atom. The summed E-state index contributed by atoms with van der Waals surface area (Å²) in [6, 6.07) is 0. The van der Waals surface area contributed by atoms with Gasteiger partial charge in [0.25, 0.3) is 0 Å². The van der Waals surface area contributed by atoms with E-state index in [1.165, 1.54) is 0 Å². The van der Waals surface area contributed by atoms with Crippen LogP contribution in [0.15, 0.2) is 35.5 Å². The Morgan fingerprint density at radius 1 is 1.21 bits per heavy atom. The fraction of sp³-hybridized carbons (Fsp3) is 0.591. The van der Waals surface area contributed by atoms with Gasteiger partial charge in [0.1, 0.15) is 18.3 Å². The van der Waals surface area contributed by atoms with E-state index in [9.17, 15) is 14.4 Å². The lowest BCUT2D eigenvalue weighted by Gasteiger charge is -2.28. The standard InChI is InChI=1S/C22H28O6/c1-6-22(4,5)11-18(23)27-16-8-12(2)7-15-9-14(21(25)26-15)10-17-19(16)13(3)20(24)28-17/h8-9,15-17,19H,3,6-7,10-11H2,1-2,4-5H3/b12-8+/t15-,16?,17?,19+/m1/s1. The quantitative estimate of drug-likeness (QED) is 0.318. The van der Waals surface area contributed by atoms with Gasteiger partial charge in [0.2, 0.25) is 0 Å². The van der Waals surface area contributed by atoms with Gasteiger partial charge in [-0.2, -0.15) is 0 Å². The summed E-state index contributed by atoms with van der Waals surface area (Å²) < 4.78 is 16.7. The summed E-state index contributed by atoms with van der Waals surface area (Å²) in [4.78, 5) is 36.9. The number of hydrogen-bond donors (Lipinski definition) is 0. The second-order valence-corrected chi connectivity index (χ2v) is 8.70. The average molecular weight is 388 g/mol. The second kappa shape index (κ2) is 7.57. The summed E-state index contributed by atoms with van der Waals surface area (Å²) in [5.74, 6) is -1.75. The first-order valence-electron chi connectivity index (χ1n) is 9.78. The van der Waals surface area contributed by atoms with Crippen LogP contribution in [0.3, 0.4) is 0 Å². The molecule has 0 amide bonds. The van der Waals surface area contributed by atoms with Crippen molar-refractivity contribution >= 4 is 17.9 Å². The lowest BCUT2D eigenvalue weighted by molar-refractivity contribution is -0.152. The SMILES string of the molecule is C=C1C(=O)OC2CC3=C[C@@H](C/C(C)=C/C(OC(=O)CC(C)(C)CC)[C@H]12)OC3=O. The van der Waals surface area contributed by atoms with Crippen LogP contribution in [0.25, 0.3) is 0 Å². The van der Waals surface area contributed by atoms with Gasteiger partial charge in [-0.15, -0.1) is 0 Å². The maximum Gasteiger partial charge on any atom is 0.334 e. The zero-order valence-corrected chi connectivity index (χ0v) is 16.9. The maximum absolute atomic E-state index is 12.6. The minimum atomic E-state index is -0.669. The molecule has 3 rings (SSSR count). The number of rotatable bonds is 4. The highest BCUT2D eigenvalue weighted by molar-refractivity contribution is 5.93. The number of ether oxygens (including phenoxy) is 3.